The lowest BCUT2D eigenvalue weighted by Gasteiger charge is -2.35. The molecule has 0 saturated carbocycles. The summed E-state index contributed by atoms with van der Waals surface area (Å²) in [5.74, 6) is -0.302. The number of carbonyl (C=O) groups excluding carboxylic acids is 2. The first kappa shape index (κ1) is 21.0. The number of rotatable bonds is 4. The summed E-state index contributed by atoms with van der Waals surface area (Å²) >= 11 is 0. The molecule has 0 radical (unpaired) electrons. The van der Waals surface area contributed by atoms with E-state index in [9.17, 15) is 19.7 Å². The van der Waals surface area contributed by atoms with Crippen molar-refractivity contribution in [2.24, 2.45) is 0 Å². The van der Waals surface area contributed by atoms with Gasteiger partial charge in [-0.2, -0.15) is 5.10 Å². The zero-order valence-electron chi connectivity index (χ0n) is 17.6. The molecule has 1 aliphatic rings. The van der Waals surface area contributed by atoms with Crippen molar-refractivity contribution in [1.82, 2.24) is 20.0 Å². The quantitative estimate of drug-likeness (QED) is 0.483. The topological polar surface area (TPSA) is 122 Å². The Kier molecular flexibility index (Phi) is 5.59. The van der Waals surface area contributed by atoms with Crippen LogP contribution in [0.5, 0.6) is 0 Å². The van der Waals surface area contributed by atoms with Gasteiger partial charge in [0.1, 0.15) is 6.04 Å². The second kappa shape index (κ2) is 8.50. The van der Waals surface area contributed by atoms with Crippen LogP contribution in [0.1, 0.15) is 23.0 Å². The SMILES string of the molecule is Cc1nn(-c2ccccc2)c(C)c1C1C(=O)NCCN1C(=O)Nc1cccc([N+](=O)[O-])c1. The third kappa shape index (κ3) is 3.89. The summed E-state index contributed by atoms with van der Waals surface area (Å²) in [6.45, 7) is 4.26. The summed E-state index contributed by atoms with van der Waals surface area (Å²) in [5.41, 5.74) is 3.04. The number of nitro groups is 1. The van der Waals surface area contributed by atoms with Gasteiger partial charge in [0.15, 0.2) is 0 Å². The molecule has 164 valence electrons. The Hall–Kier alpha value is -4.21. The largest absolute Gasteiger partial charge is 0.352 e. The molecule has 10 nitrogen and oxygen atoms in total. The maximum atomic E-state index is 13.1. The molecular formula is C22H22N6O4. The average Bonchev–Trinajstić information content (AvgIpc) is 3.08. The van der Waals surface area contributed by atoms with Crippen LogP contribution in [0, 0.1) is 24.0 Å². The number of nitrogens with zero attached hydrogens (tertiary/aromatic N) is 4. The number of para-hydroxylation sites is 1. The van der Waals surface area contributed by atoms with E-state index in [-0.39, 0.29) is 23.8 Å². The van der Waals surface area contributed by atoms with Crippen molar-refractivity contribution in [2.75, 3.05) is 18.4 Å². The van der Waals surface area contributed by atoms with Gasteiger partial charge in [-0.05, 0) is 32.0 Å². The highest BCUT2D eigenvalue weighted by atomic mass is 16.6. The molecule has 1 unspecified atom stereocenters. The lowest BCUT2D eigenvalue weighted by molar-refractivity contribution is -0.384. The molecule has 10 heteroatoms. The molecular weight excluding hydrogens is 412 g/mol. The molecule has 2 heterocycles. The maximum absolute atomic E-state index is 13.1. The van der Waals surface area contributed by atoms with Crippen LogP contribution in [0.25, 0.3) is 5.69 Å². The van der Waals surface area contributed by atoms with Crippen molar-refractivity contribution in [3.05, 3.63) is 81.7 Å². The normalized spacial score (nSPS) is 15.9. The van der Waals surface area contributed by atoms with E-state index >= 15 is 0 Å². The number of benzene rings is 2. The lowest BCUT2D eigenvalue weighted by Crippen LogP contribution is -2.53. The zero-order chi connectivity index (χ0) is 22.8. The van der Waals surface area contributed by atoms with Crippen LogP contribution < -0.4 is 10.6 Å². The molecule has 1 atom stereocenters. The Balaban J connectivity index is 1.67. The van der Waals surface area contributed by atoms with Gasteiger partial charge in [0.2, 0.25) is 5.91 Å². The van der Waals surface area contributed by atoms with Crippen molar-refractivity contribution < 1.29 is 14.5 Å². The molecule has 1 fully saturated rings. The van der Waals surface area contributed by atoms with Crippen LogP contribution in [-0.2, 0) is 4.79 Å². The number of non-ortho nitro benzene ring substituents is 1. The van der Waals surface area contributed by atoms with Gasteiger partial charge in [-0.1, -0.05) is 24.3 Å². The van der Waals surface area contributed by atoms with Gasteiger partial charge >= 0.3 is 6.03 Å². The average molecular weight is 434 g/mol. The second-order valence-corrected chi connectivity index (χ2v) is 7.46. The molecule has 0 spiro atoms. The van der Waals surface area contributed by atoms with Crippen LogP contribution in [0.3, 0.4) is 0 Å². The number of amides is 3. The van der Waals surface area contributed by atoms with Crippen LogP contribution in [0.2, 0.25) is 0 Å². The molecule has 1 aromatic heterocycles. The lowest BCUT2D eigenvalue weighted by atomic mass is 10.0. The predicted octanol–water partition coefficient (Wildman–Crippen LogP) is 3.10. The number of anilines is 1. The third-order valence-corrected chi connectivity index (χ3v) is 5.40. The maximum Gasteiger partial charge on any atom is 0.322 e. The molecule has 3 amide bonds. The number of carbonyl (C=O) groups is 2. The van der Waals surface area contributed by atoms with E-state index in [0.29, 0.717) is 17.8 Å². The van der Waals surface area contributed by atoms with E-state index in [1.54, 1.807) is 17.7 Å². The van der Waals surface area contributed by atoms with Gasteiger partial charge in [-0.15, -0.1) is 0 Å². The number of aryl methyl sites for hydroxylation is 1. The molecule has 0 aliphatic carbocycles. The number of piperazine rings is 1. The Labute approximate surface area is 184 Å². The molecule has 3 aromatic rings. The summed E-state index contributed by atoms with van der Waals surface area (Å²) in [5, 5.41) is 21.1. The van der Waals surface area contributed by atoms with Gasteiger partial charge < -0.3 is 15.5 Å². The van der Waals surface area contributed by atoms with Crippen molar-refractivity contribution in [3.63, 3.8) is 0 Å². The van der Waals surface area contributed by atoms with E-state index < -0.39 is 17.0 Å². The Bertz CT molecular complexity index is 1190. The zero-order valence-corrected chi connectivity index (χ0v) is 17.6. The minimum absolute atomic E-state index is 0.133. The number of aromatic nitrogens is 2. The fourth-order valence-electron chi connectivity index (χ4n) is 3.94. The minimum Gasteiger partial charge on any atom is -0.352 e. The van der Waals surface area contributed by atoms with Gasteiger partial charge in [0, 0.05) is 42.2 Å². The van der Waals surface area contributed by atoms with E-state index in [1.165, 1.54) is 23.1 Å². The van der Waals surface area contributed by atoms with Crippen molar-refractivity contribution >= 4 is 23.3 Å². The van der Waals surface area contributed by atoms with Gasteiger partial charge in [0.25, 0.3) is 5.69 Å². The standard InChI is InChI=1S/C22H22N6O4/c1-14-19(15(2)27(25-14)17-8-4-3-5-9-17)20-21(29)23-11-12-26(20)22(30)24-16-7-6-10-18(13-16)28(31)32/h3-10,13,20H,11-12H2,1-2H3,(H,23,29)(H,24,30). The fraction of sp³-hybridized carbons (Fsp3) is 0.227. The van der Waals surface area contributed by atoms with E-state index in [1.807, 2.05) is 37.3 Å². The molecule has 2 aromatic carbocycles. The molecule has 32 heavy (non-hydrogen) atoms. The van der Waals surface area contributed by atoms with Crippen molar-refractivity contribution in [1.29, 1.82) is 0 Å². The Morgan fingerprint density at radius 1 is 1.19 bits per heavy atom. The molecule has 0 bridgehead atoms. The first-order valence-corrected chi connectivity index (χ1v) is 10.1. The van der Waals surface area contributed by atoms with Gasteiger partial charge in [0.05, 0.1) is 16.3 Å². The monoisotopic (exact) mass is 434 g/mol. The Morgan fingerprint density at radius 3 is 2.66 bits per heavy atom. The number of nitro benzene ring substituents is 1. The summed E-state index contributed by atoms with van der Waals surface area (Å²) in [7, 11) is 0. The molecule has 1 saturated heterocycles. The van der Waals surface area contributed by atoms with Crippen LogP contribution in [0.4, 0.5) is 16.2 Å². The third-order valence-electron chi connectivity index (χ3n) is 5.40. The number of urea groups is 1. The minimum atomic E-state index is -0.875. The fourth-order valence-corrected chi connectivity index (χ4v) is 3.94. The summed E-state index contributed by atoms with van der Waals surface area (Å²) in [6.07, 6.45) is 0. The van der Waals surface area contributed by atoms with Crippen molar-refractivity contribution in [3.8, 4) is 5.69 Å². The highest BCUT2D eigenvalue weighted by molar-refractivity contribution is 5.95. The van der Waals surface area contributed by atoms with Crippen molar-refractivity contribution in [2.45, 2.75) is 19.9 Å². The first-order chi connectivity index (χ1) is 15.4. The summed E-state index contributed by atoms with van der Waals surface area (Å²) in [6, 6.07) is 13.8. The second-order valence-electron chi connectivity index (χ2n) is 7.46. The van der Waals surface area contributed by atoms with E-state index in [0.717, 1.165) is 11.4 Å². The van der Waals surface area contributed by atoms with E-state index in [4.69, 9.17) is 0 Å². The smallest absolute Gasteiger partial charge is 0.322 e. The first-order valence-electron chi connectivity index (χ1n) is 10.1. The predicted molar refractivity (Wildman–Crippen MR) is 118 cm³/mol. The Morgan fingerprint density at radius 2 is 1.94 bits per heavy atom. The van der Waals surface area contributed by atoms with Crippen LogP contribution in [0.15, 0.2) is 54.6 Å². The van der Waals surface area contributed by atoms with E-state index in [2.05, 4.69) is 15.7 Å². The van der Waals surface area contributed by atoms with Gasteiger partial charge in [-0.3, -0.25) is 14.9 Å². The van der Waals surface area contributed by atoms with Crippen LogP contribution in [-0.4, -0.2) is 44.6 Å². The number of hydrogen-bond acceptors (Lipinski definition) is 5. The summed E-state index contributed by atoms with van der Waals surface area (Å²) in [4.78, 5) is 38.0. The summed E-state index contributed by atoms with van der Waals surface area (Å²) < 4.78 is 1.75. The highest BCUT2D eigenvalue weighted by Gasteiger charge is 2.38. The number of nitrogens with one attached hydrogen (secondary N) is 2. The molecule has 1 aliphatic heterocycles. The molecule has 2 N–H and O–H groups in total. The molecule has 4 rings (SSSR count). The van der Waals surface area contributed by atoms with Crippen LogP contribution >= 0.6 is 0 Å². The van der Waals surface area contributed by atoms with Gasteiger partial charge in [-0.25, -0.2) is 9.48 Å². The number of hydrogen-bond donors (Lipinski definition) is 2. The highest BCUT2D eigenvalue weighted by Crippen LogP contribution is 2.31.